The molecule has 0 saturated heterocycles. The summed E-state index contributed by atoms with van der Waals surface area (Å²) in [5.41, 5.74) is 2.02. The van der Waals surface area contributed by atoms with Crippen molar-refractivity contribution in [3.05, 3.63) is 64.7 Å². The summed E-state index contributed by atoms with van der Waals surface area (Å²) in [6.45, 7) is 6.31. The van der Waals surface area contributed by atoms with Crippen LogP contribution < -0.4 is 10.1 Å². The third-order valence-corrected chi connectivity index (χ3v) is 6.51. The summed E-state index contributed by atoms with van der Waals surface area (Å²) in [6, 6.07) is 14.8. The van der Waals surface area contributed by atoms with Crippen LogP contribution in [0.25, 0.3) is 0 Å². The predicted molar refractivity (Wildman–Crippen MR) is 133 cm³/mol. The highest BCUT2D eigenvalue weighted by Crippen LogP contribution is 2.20. The van der Waals surface area contributed by atoms with E-state index in [9.17, 15) is 9.59 Å². The number of nitrogens with one attached hydrogen (secondary N) is 1. The number of benzene rings is 2. The molecule has 0 saturated carbocycles. The molecular weight excluding hydrogens is 444 g/mol. The standard InChI is InChI=1S/C25H33ClN2O3S/c1-5-18(3)27-25(30)23(6-2)28(15-19-10-12-22(31-4)13-11-19)24(29)17-32-16-20-8-7-9-21(26)14-20/h7-14,18,23H,5-6,15-17H2,1-4H3,(H,27,30)/t18-,23-/m1/s1. The fraction of sp³-hybridized carbons (Fsp3) is 0.440. The molecule has 174 valence electrons. The lowest BCUT2D eigenvalue weighted by atomic mass is 10.1. The summed E-state index contributed by atoms with van der Waals surface area (Å²) in [6.07, 6.45) is 1.38. The molecule has 2 amide bonds. The topological polar surface area (TPSA) is 58.6 Å². The number of halogens is 1. The quantitative estimate of drug-likeness (QED) is 0.451. The fourth-order valence-electron chi connectivity index (χ4n) is 3.25. The van der Waals surface area contributed by atoms with Gasteiger partial charge in [0.2, 0.25) is 11.8 Å². The highest BCUT2D eigenvalue weighted by Gasteiger charge is 2.29. The first-order valence-corrected chi connectivity index (χ1v) is 12.5. The second-order valence-corrected chi connectivity index (χ2v) is 9.16. The maximum absolute atomic E-state index is 13.3. The second kappa shape index (κ2) is 13.4. The van der Waals surface area contributed by atoms with Crippen LogP contribution in [0.5, 0.6) is 5.75 Å². The number of rotatable bonds is 12. The van der Waals surface area contributed by atoms with E-state index in [1.54, 1.807) is 12.0 Å². The van der Waals surface area contributed by atoms with Gasteiger partial charge >= 0.3 is 0 Å². The number of methoxy groups -OCH3 is 1. The van der Waals surface area contributed by atoms with Crippen molar-refractivity contribution in [2.24, 2.45) is 0 Å². The van der Waals surface area contributed by atoms with E-state index in [0.29, 0.717) is 23.7 Å². The highest BCUT2D eigenvalue weighted by atomic mass is 35.5. The molecule has 2 aromatic carbocycles. The van der Waals surface area contributed by atoms with Crippen molar-refractivity contribution in [3.8, 4) is 5.75 Å². The summed E-state index contributed by atoms with van der Waals surface area (Å²) in [4.78, 5) is 27.9. The van der Waals surface area contributed by atoms with Gasteiger partial charge in [-0.15, -0.1) is 11.8 Å². The molecule has 0 aliphatic heterocycles. The van der Waals surface area contributed by atoms with Gasteiger partial charge < -0.3 is 15.0 Å². The molecule has 0 heterocycles. The van der Waals surface area contributed by atoms with E-state index in [4.69, 9.17) is 16.3 Å². The number of carbonyl (C=O) groups is 2. The minimum atomic E-state index is -0.523. The number of amides is 2. The van der Waals surface area contributed by atoms with Gasteiger partial charge in [0.05, 0.1) is 12.9 Å². The van der Waals surface area contributed by atoms with Crippen molar-refractivity contribution < 1.29 is 14.3 Å². The minimum Gasteiger partial charge on any atom is -0.497 e. The number of ether oxygens (including phenoxy) is 1. The maximum Gasteiger partial charge on any atom is 0.243 e. The molecule has 0 radical (unpaired) electrons. The molecule has 2 atom stereocenters. The van der Waals surface area contributed by atoms with Crippen LogP contribution in [0.4, 0.5) is 0 Å². The summed E-state index contributed by atoms with van der Waals surface area (Å²) < 4.78 is 5.23. The Labute approximate surface area is 200 Å². The van der Waals surface area contributed by atoms with Gasteiger partial charge in [0.25, 0.3) is 0 Å². The van der Waals surface area contributed by atoms with Gasteiger partial charge in [0, 0.05) is 23.4 Å². The Hall–Kier alpha value is -2.18. The molecule has 0 aliphatic rings. The Morgan fingerprint density at radius 2 is 1.81 bits per heavy atom. The summed E-state index contributed by atoms with van der Waals surface area (Å²) in [7, 11) is 1.62. The average molecular weight is 477 g/mol. The Morgan fingerprint density at radius 1 is 1.09 bits per heavy atom. The average Bonchev–Trinajstić information content (AvgIpc) is 2.79. The van der Waals surface area contributed by atoms with Gasteiger partial charge in [-0.3, -0.25) is 9.59 Å². The summed E-state index contributed by atoms with van der Waals surface area (Å²) in [5.74, 6) is 1.56. The number of carbonyl (C=O) groups excluding carboxylic acids is 2. The van der Waals surface area contributed by atoms with E-state index in [0.717, 1.165) is 23.3 Å². The second-order valence-electron chi connectivity index (χ2n) is 7.73. The Kier molecular flexibility index (Phi) is 10.9. The molecule has 2 rings (SSSR count). The fourth-order valence-corrected chi connectivity index (χ4v) is 4.32. The monoisotopic (exact) mass is 476 g/mol. The lowest BCUT2D eigenvalue weighted by Gasteiger charge is -2.31. The minimum absolute atomic E-state index is 0.0565. The molecule has 0 unspecified atom stereocenters. The lowest BCUT2D eigenvalue weighted by molar-refractivity contribution is -0.139. The molecule has 0 bridgehead atoms. The first-order chi connectivity index (χ1) is 15.4. The van der Waals surface area contributed by atoms with E-state index < -0.39 is 6.04 Å². The molecule has 2 aromatic rings. The van der Waals surface area contributed by atoms with Crippen molar-refractivity contribution in [1.82, 2.24) is 10.2 Å². The zero-order valence-electron chi connectivity index (χ0n) is 19.3. The van der Waals surface area contributed by atoms with Crippen LogP contribution in [0.2, 0.25) is 5.02 Å². The van der Waals surface area contributed by atoms with Crippen molar-refractivity contribution in [2.45, 2.75) is 58.0 Å². The van der Waals surface area contributed by atoms with E-state index in [2.05, 4.69) is 5.32 Å². The SMILES string of the molecule is CC[C@@H](C)NC(=O)[C@@H](CC)N(Cc1ccc(OC)cc1)C(=O)CSCc1cccc(Cl)c1. The van der Waals surface area contributed by atoms with Crippen LogP contribution in [-0.4, -0.2) is 41.7 Å². The van der Waals surface area contributed by atoms with Crippen LogP contribution in [0.15, 0.2) is 48.5 Å². The molecular formula is C25H33ClN2O3S. The third-order valence-electron chi connectivity index (χ3n) is 5.28. The van der Waals surface area contributed by atoms with E-state index in [-0.39, 0.29) is 23.6 Å². The molecule has 0 spiro atoms. The molecule has 0 aliphatic carbocycles. The van der Waals surface area contributed by atoms with Gasteiger partial charge in [-0.1, -0.05) is 49.7 Å². The largest absolute Gasteiger partial charge is 0.497 e. The maximum atomic E-state index is 13.3. The Morgan fingerprint density at radius 3 is 2.41 bits per heavy atom. The summed E-state index contributed by atoms with van der Waals surface area (Å²) >= 11 is 7.58. The zero-order chi connectivity index (χ0) is 23.5. The van der Waals surface area contributed by atoms with Crippen LogP contribution in [0, 0.1) is 0 Å². The van der Waals surface area contributed by atoms with Crippen LogP contribution >= 0.6 is 23.4 Å². The van der Waals surface area contributed by atoms with Crippen molar-refractivity contribution >= 4 is 35.2 Å². The Balaban J connectivity index is 2.14. The smallest absolute Gasteiger partial charge is 0.243 e. The molecule has 7 heteroatoms. The van der Waals surface area contributed by atoms with Crippen LogP contribution in [-0.2, 0) is 21.9 Å². The number of nitrogens with zero attached hydrogens (tertiary/aromatic N) is 1. The zero-order valence-corrected chi connectivity index (χ0v) is 20.8. The molecule has 0 aromatic heterocycles. The normalized spacial score (nSPS) is 12.7. The van der Waals surface area contributed by atoms with Crippen molar-refractivity contribution in [3.63, 3.8) is 0 Å². The van der Waals surface area contributed by atoms with Crippen LogP contribution in [0.3, 0.4) is 0 Å². The first-order valence-electron chi connectivity index (χ1n) is 10.9. The van der Waals surface area contributed by atoms with Gasteiger partial charge in [-0.25, -0.2) is 0 Å². The number of hydrogen-bond acceptors (Lipinski definition) is 4. The molecule has 1 N–H and O–H groups in total. The van der Waals surface area contributed by atoms with E-state index >= 15 is 0 Å². The van der Waals surface area contributed by atoms with E-state index in [1.165, 1.54) is 11.8 Å². The molecule has 5 nitrogen and oxygen atoms in total. The van der Waals surface area contributed by atoms with Crippen molar-refractivity contribution in [1.29, 1.82) is 0 Å². The number of thioether (sulfide) groups is 1. The lowest BCUT2D eigenvalue weighted by Crippen LogP contribution is -2.51. The van der Waals surface area contributed by atoms with Gasteiger partial charge in [0.1, 0.15) is 11.8 Å². The van der Waals surface area contributed by atoms with Crippen molar-refractivity contribution in [2.75, 3.05) is 12.9 Å². The highest BCUT2D eigenvalue weighted by molar-refractivity contribution is 7.99. The molecule has 0 fully saturated rings. The van der Waals surface area contributed by atoms with Gasteiger partial charge in [-0.2, -0.15) is 0 Å². The first kappa shape index (κ1) is 26.1. The van der Waals surface area contributed by atoms with Gasteiger partial charge in [-0.05, 0) is 55.2 Å². The molecule has 32 heavy (non-hydrogen) atoms. The third kappa shape index (κ3) is 8.06. The number of hydrogen-bond donors (Lipinski definition) is 1. The predicted octanol–water partition coefficient (Wildman–Crippen LogP) is 5.30. The van der Waals surface area contributed by atoms with E-state index in [1.807, 2.05) is 69.3 Å². The van der Waals surface area contributed by atoms with Gasteiger partial charge in [0.15, 0.2) is 0 Å². The Bertz CT molecular complexity index is 876. The summed E-state index contributed by atoms with van der Waals surface area (Å²) in [5, 5.41) is 3.72. The van der Waals surface area contributed by atoms with Crippen LogP contribution in [0.1, 0.15) is 44.7 Å².